The molecule has 0 saturated heterocycles. The van der Waals surface area contributed by atoms with Crippen LogP contribution < -0.4 is 4.90 Å². The fourth-order valence-electron chi connectivity index (χ4n) is 2.54. The Bertz CT molecular complexity index is 931. The largest absolute Gasteiger partial charge is 0.298 e. The van der Waals surface area contributed by atoms with Crippen LogP contribution >= 0.6 is 11.8 Å². The Labute approximate surface area is 162 Å². The molecule has 3 rings (SSSR count). The molecule has 0 aliphatic heterocycles. The van der Waals surface area contributed by atoms with Gasteiger partial charge in [-0.1, -0.05) is 61.2 Å². The van der Waals surface area contributed by atoms with Crippen molar-refractivity contribution in [1.82, 2.24) is 15.2 Å². The van der Waals surface area contributed by atoms with Crippen LogP contribution in [0.3, 0.4) is 0 Å². The molecular formula is C20H19N5OS. The lowest BCUT2D eigenvalue weighted by Gasteiger charge is -2.19. The molecule has 0 radical (unpaired) electrons. The Hall–Kier alpha value is -3.11. The van der Waals surface area contributed by atoms with E-state index >= 15 is 0 Å². The van der Waals surface area contributed by atoms with Crippen LogP contribution in [0.2, 0.25) is 0 Å². The third-order valence-electron chi connectivity index (χ3n) is 4.02. The number of aromatic amines is 1. The molecule has 0 atom stereocenters. The van der Waals surface area contributed by atoms with Gasteiger partial charge in [-0.05, 0) is 24.1 Å². The summed E-state index contributed by atoms with van der Waals surface area (Å²) in [6.07, 6.45) is 0.987. The third-order valence-corrected chi connectivity index (χ3v) is 4.86. The van der Waals surface area contributed by atoms with Gasteiger partial charge in [0.05, 0.1) is 11.8 Å². The number of hydrogen-bond donors (Lipinski definition) is 1. The van der Waals surface area contributed by atoms with Crippen LogP contribution in [0, 0.1) is 11.3 Å². The van der Waals surface area contributed by atoms with E-state index < -0.39 is 0 Å². The van der Waals surface area contributed by atoms with Crippen LogP contribution in [0.1, 0.15) is 12.5 Å². The van der Waals surface area contributed by atoms with Gasteiger partial charge < -0.3 is 0 Å². The quantitative estimate of drug-likeness (QED) is 0.501. The number of nitrogens with one attached hydrogen (secondary N) is 1. The van der Waals surface area contributed by atoms with Gasteiger partial charge in [-0.15, -0.1) is 5.10 Å². The van der Waals surface area contributed by atoms with Crippen LogP contribution in [0.25, 0.3) is 11.4 Å². The van der Waals surface area contributed by atoms with Gasteiger partial charge in [-0.25, -0.2) is 4.98 Å². The number of amides is 1. The number of aryl methyl sites for hydroxylation is 1. The minimum atomic E-state index is -0.161. The molecule has 0 fully saturated rings. The van der Waals surface area contributed by atoms with Gasteiger partial charge in [0.25, 0.3) is 0 Å². The number of hydrogen-bond acceptors (Lipinski definition) is 5. The summed E-state index contributed by atoms with van der Waals surface area (Å²) in [7, 11) is 0. The lowest BCUT2D eigenvalue weighted by atomic mass is 10.1. The Morgan fingerprint density at radius 3 is 2.59 bits per heavy atom. The van der Waals surface area contributed by atoms with Crippen molar-refractivity contribution < 1.29 is 4.79 Å². The van der Waals surface area contributed by atoms with Crippen molar-refractivity contribution in [2.75, 3.05) is 17.2 Å². The molecule has 1 N–H and O–H groups in total. The number of rotatable bonds is 7. The Kier molecular flexibility index (Phi) is 6.23. The van der Waals surface area contributed by atoms with Crippen molar-refractivity contribution in [1.29, 1.82) is 5.26 Å². The van der Waals surface area contributed by atoms with Crippen molar-refractivity contribution in [3.63, 3.8) is 0 Å². The van der Waals surface area contributed by atoms with Crippen molar-refractivity contribution in [3.8, 4) is 17.5 Å². The van der Waals surface area contributed by atoms with Gasteiger partial charge in [0.1, 0.15) is 6.54 Å². The molecule has 136 valence electrons. The zero-order valence-electron chi connectivity index (χ0n) is 14.9. The van der Waals surface area contributed by atoms with Crippen LogP contribution in [0.5, 0.6) is 0 Å². The standard InChI is InChI=1S/C20H19N5OS/c1-2-15-8-10-16(11-9-15)19-22-20(24-23-19)27-14-18(26)25(13-12-21)17-6-4-3-5-7-17/h3-11H,2,13-14H2,1H3,(H,22,23,24). The highest BCUT2D eigenvalue weighted by atomic mass is 32.2. The van der Waals surface area contributed by atoms with E-state index in [0.29, 0.717) is 16.7 Å². The van der Waals surface area contributed by atoms with E-state index in [1.807, 2.05) is 48.5 Å². The molecule has 6 nitrogen and oxygen atoms in total. The molecule has 0 bridgehead atoms. The number of thioether (sulfide) groups is 1. The number of carbonyl (C=O) groups excluding carboxylic acids is 1. The average Bonchev–Trinajstić information content (AvgIpc) is 3.20. The topological polar surface area (TPSA) is 85.7 Å². The summed E-state index contributed by atoms with van der Waals surface area (Å²) in [5, 5.41) is 16.6. The number of para-hydroxylation sites is 1. The molecule has 0 spiro atoms. The minimum absolute atomic E-state index is 0.00638. The molecule has 3 aromatic rings. The number of H-pyrrole nitrogens is 1. The fraction of sp³-hybridized carbons (Fsp3) is 0.200. The van der Waals surface area contributed by atoms with E-state index in [1.54, 1.807) is 0 Å². The summed E-state index contributed by atoms with van der Waals surface area (Å²) in [4.78, 5) is 18.5. The first-order valence-electron chi connectivity index (χ1n) is 8.58. The zero-order valence-corrected chi connectivity index (χ0v) is 15.7. The number of benzene rings is 2. The summed E-state index contributed by atoms with van der Waals surface area (Å²) in [6, 6.07) is 19.3. The second-order valence-corrected chi connectivity index (χ2v) is 6.72. The Morgan fingerprint density at radius 2 is 1.93 bits per heavy atom. The van der Waals surface area contributed by atoms with Gasteiger partial charge in [0.2, 0.25) is 11.1 Å². The highest BCUT2D eigenvalue weighted by Gasteiger charge is 2.17. The first-order chi connectivity index (χ1) is 13.2. The van der Waals surface area contributed by atoms with Gasteiger partial charge in [0, 0.05) is 11.3 Å². The SMILES string of the molecule is CCc1ccc(-c2nc(SCC(=O)N(CC#N)c3ccccc3)n[nH]2)cc1. The maximum atomic E-state index is 12.5. The maximum Gasteiger partial charge on any atom is 0.238 e. The number of anilines is 1. The van der Waals surface area contributed by atoms with E-state index in [-0.39, 0.29) is 18.2 Å². The number of nitriles is 1. The summed E-state index contributed by atoms with van der Waals surface area (Å²) < 4.78 is 0. The summed E-state index contributed by atoms with van der Waals surface area (Å²) in [5.41, 5.74) is 2.92. The van der Waals surface area contributed by atoms with Crippen LogP contribution in [0.15, 0.2) is 59.8 Å². The van der Waals surface area contributed by atoms with E-state index in [4.69, 9.17) is 5.26 Å². The number of nitrogens with zero attached hydrogens (tertiary/aromatic N) is 4. The van der Waals surface area contributed by atoms with Crippen LogP contribution in [-0.2, 0) is 11.2 Å². The maximum absolute atomic E-state index is 12.5. The summed E-state index contributed by atoms with van der Waals surface area (Å²) in [5.74, 6) is 0.666. The van der Waals surface area contributed by atoms with E-state index in [1.165, 1.54) is 22.2 Å². The van der Waals surface area contributed by atoms with E-state index in [2.05, 4.69) is 34.2 Å². The summed E-state index contributed by atoms with van der Waals surface area (Å²) in [6.45, 7) is 2.12. The lowest BCUT2D eigenvalue weighted by Crippen LogP contribution is -2.32. The highest BCUT2D eigenvalue weighted by Crippen LogP contribution is 2.21. The van der Waals surface area contributed by atoms with E-state index in [9.17, 15) is 4.79 Å². The van der Waals surface area contributed by atoms with Gasteiger partial charge >= 0.3 is 0 Å². The second-order valence-electron chi connectivity index (χ2n) is 5.78. The van der Waals surface area contributed by atoms with Gasteiger partial charge in [-0.3, -0.25) is 14.8 Å². The minimum Gasteiger partial charge on any atom is -0.298 e. The molecule has 0 aliphatic carbocycles. The first kappa shape index (κ1) is 18.7. The van der Waals surface area contributed by atoms with Crippen molar-refractivity contribution >= 4 is 23.4 Å². The van der Waals surface area contributed by atoms with E-state index in [0.717, 1.165) is 12.0 Å². The van der Waals surface area contributed by atoms with Crippen molar-refractivity contribution in [2.24, 2.45) is 0 Å². The average molecular weight is 377 g/mol. The Morgan fingerprint density at radius 1 is 1.19 bits per heavy atom. The number of aromatic nitrogens is 3. The fourth-order valence-corrected chi connectivity index (χ4v) is 3.22. The Balaban J connectivity index is 1.65. The normalized spacial score (nSPS) is 10.4. The first-order valence-corrected chi connectivity index (χ1v) is 9.56. The lowest BCUT2D eigenvalue weighted by molar-refractivity contribution is -0.116. The van der Waals surface area contributed by atoms with Crippen LogP contribution in [-0.4, -0.2) is 33.4 Å². The number of carbonyl (C=O) groups is 1. The molecular weight excluding hydrogens is 358 g/mol. The second kappa shape index (κ2) is 9.01. The zero-order chi connectivity index (χ0) is 19.1. The van der Waals surface area contributed by atoms with Crippen LogP contribution in [0.4, 0.5) is 5.69 Å². The molecule has 0 saturated carbocycles. The van der Waals surface area contributed by atoms with Gasteiger partial charge in [-0.2, -0.15) is 5.26 Å². The molecule has 1 amide bonds. The van der Waals surface area contributed by atoms with Crippen molar-refractivity contribution in [3.05, 3.63) is 60.2 Å². The molecule has 7 heteroatoms. The smallest absolute Gasteiger partial charge is 0.238 e. The highest BCUT2D eigenvalue weighted by molar-refractivity contribution is 7.99. The predicted octanol–water partition coefficient (Wildman–Crippen LogP) is 3.68. The summed E-state index contributed by atoms with van der Waals surface area (Å²) >= 11 is 1.25. The third kappa shape index (κ3) is 4.74. The monoisotopic (exact) mass is 377 g/mol. The molecule has 1 heterocycles. The molecule has 1 aromatic heterocycles. The predicted molar refractivity (Wildman–Crippen MR) is 106 cm³/mol. The molecule has 2 aromatic carbocycles. The molecule has 0 aliphatic rings. The van der Waals surface area contributed by atoms with Crippen molar-refractivity contribution in [2.45, 2.75) is 18.5 Å². The molecule has 0 unspecified atom stereocenters. The van der Waals surface area contributed by atoms with Gasteiger partial charge in [0.15, 0.2) is 5.82 Å². The molecule has 27 heavy (non-hydrogen) atoms.